The first-order valence-corrected chi connectivity index (χ1v) is 6.72. The summed E-state index contributed by atoms with van der Waals surface area (Å²) in [4.78, 5) is 0. The molecule has 0 aliphatic rings. The number of hydrogen-bond acceptors (Lipinski definition) is 2. The van der Waals surface area contributed by atoms with Gasteiger partial charge in [-0.1, -0.05) is 19.9 Å². The standard InChI is InChI=1S/C15H23F2NO/c1-5-9-18-14(15(3,6-2)19-4)11-7-8-12(16)13(17)10-11/h7-8,10,14,18H,5-6,9H2,1-4H3. The van der Waals surface area contributed by atoms with Crippen molar-refractivity contribution in [2.75, 3.05) is 13.7 Å². The quantitative estimate of drug-likeness (QED) is 0.814. The van der Waals surface area contributed by atoms with Gasteiger partial charge in [0.05, 0.1) is 11.6 Å². The Morgan fingerprint density at radius 1 is 1.26 bits per heavy atom. The lowest BCUT2D eigenvalue weighted by molar-refractivity contribution is -0.0300. The molecule has 4 heteroatoms. The smallest absolute Gasteiger partial charge is 0.159 e. The molecule has 0 aliphatic heterocycles. The van der Waals surface area contributed by atoms with E-state index in [0.717, 1.165) is 25.5 Å². The lowest BCUT2D eigenvalue weighted by atomic mass is 9.87. The van der Waals surface area contributed by atoms with Crippen LogP contribution in [0.25, 0.3) is 0 Å². The van der Waals surface area contributed by atoms with Crippen molar-refractivity contribution in [2.24, 2.45) is 0 Å². The molecule has 0 aromatic heterocycles. The van der Waals surface area contributed by atoms with Crippen molar-refractivity contribution in [2.45, 2.75) is 45.3 Å². The van der Waals surface area contributed by atoms with Gasteiger partial charge in [0, 0.05) is 7.11 Å². The fourth-order valence-corrected chi connectivity index (χ4v) is 2.13. The van der Waals surface area contributed by atoms with Gasteiger partial charge in [0.25, 0.3) is 0 Å². The highest BCUT2D eigenvalue weighted by atomic mass is 19.2. The number of hydrogen-bond donors (Lipinski definition) is 1. The Kier molecular flexibility index (Phi) is 5.88. The Bertz CT molecular complexity index is 405. The molecule has 1 N–H and O–H groups in total. The van der Waals surface area contributed by atoms with Crippen LogP contribution >= 0.6 is 0 Å². The summed E-state index contributed by atoms with van der Waals surface area (Å²) in [6.45, 7) is 6.85. The van der Waals surface area contributed by atoms with Crippen molar-refractivity contribution < 1.29 is 13.5 Å². The number of benzene rings is 1. The topological polar surface area (TPSA) is 21.3 Å². The van der Waals surface area contributed by atoms with Gasteiger partial charge in [0.1, 0.15) is 0 Å². The minimum Gasteiger partial charge on any atom is -0.377 e. The molecule has 0 bridgehead atoms. The summed E-state index contributed by atoms with van der Waals surface area (Å²) >= 11 is 0. The van der Waals surface area contributed by atoms with E-state index in [-0.39, 0.29) is 6.04 Å². The molecule has 0 saturated heterocycles. The highest BCUT2D eigenvalue weighted by molar-refractivity contribution is 5.24. The molecular formula is C15H23F2NO. The van der Waals surface area contributed by atoms with Gasteiger partial charge in [0.15, 0.2) is 11.6 Å². The highest BCUT2D eigenvalue weighted by Gasteiger charge is 2.33. The first-order valence-electron chi connectivity index (χ1n) is 6.72. The van der Waals surface area contributed by atoms with E-state index in [1.807, 2.05) is 13.8 Å². The van der Waals surface area contributed by atoms with Crippen molar-refractivity contribution in [3.63, 3.8) is 0 Å². The van der Waals surface area contributed by atoms with Crippen LogP contribution < -0.4 is 5.32 Å². The predicted octanol–water partition coefficient (Wildman–Crippen LogP) is 3.82. The molecule has 1 aromatic rings. The number of nitrogens with one attached hydrogen (secondary N) is 1. The summed E-state index contributed by atoms with van der Waals surface area (Å²) in [6, 6.07) is 3.85. The van der Waals surface area contributed by atoms with E-state index in [2.05, 4.69) is 12.2 Å². The van der Waals surface area contributed by atoms with Crippen LogP contribution in [0.4, 0.5) is 8.78 Å². The minimum atomic E-state index is -0.825. The molecule has 0 spiro atoms. The molecule has 0 fully saturated rings. The predicted molar refractivity (Wildman–Crippen MR) is 73.1 cm³/mol. The number of methoxy groups -OCH3 is 1. The van der Waals surface area contributed by atoms with Crippen LogP contribution in [0.5, 0.6) is 0 Å². The fourth-order valence-electron chi connectivity index (χ4n) is 2.13. The Morgan fingerprint density at radius 2 is 1.95 bits per heavy atom. The van der Waals surface area contributed by atoms with Crippen molar-refractivity contribution in [1.82, 2.24) is 5.32 Å². The van der Waals surface area contributed by atoms with Gasteiger partial charge in [-0.2, -0.15) is 0 Å². The molecule has 1 aromatic carbocycles. The Labute approximate surface area is 114 Å². The van der Waals surface area contributed by atoms with E-state index in [0.29, 0.717) is 5.56 Å². The summed E-state index contributed by atoms with van der Waals surface area (Å²) in [5.74, 6) is -1.65. The van der Waals surface area contributed by atoms with Gasteiger partial charge in [-0.15, -0.1) is 0 Å². The van der Waals surface area contributed by atoms with Crippen LogP contribution in [-0.4, -0.2) is 19.3 Å². The average Bonchev–Trinajstić information content (AvgIpc) is 2.42. The van der Waals surface area contributed by atoms with Gasteiger partial charge >= 0.3 is 0 Å². The van der Waals surface area contributed by atoms with E-state index in [9.17, 15) is 8.78 Å². The third kappa shape index (κ3) is 3.74. The van der Waals surface area contributed by atoms with E-state index in [4.69, 9.17) is 4.74 Å². The molecule has 0 radical (unpaired) electrons. The van der Waals surface area contributed by atoms with Crippen LogP contribution in [0.3, 0.4) is 0 Å². The molecule has 1 rings (SSSR count). The maximum atomic E-state index is 13.4. The van der Waals surface area contributed by atoms with Crippen LogP contribution in [-0.2, 0) is 4.74 Å². The van der Waals surface area contributed by atoms with Gasteiger partial charge in [0.2, 0.25) is 0 Å². The maximum absolute atomic E-state index is 13.4. The van der Waals surface area contributed by atoms with Crippen molar-refractivity contribution in [3.8, 4) is 0 Å². The van der Waals surface area contributed by atoms with Crippen molar-refractivity contribution in [1.29, 1.82) is 0 Å². The van der Waals surface area contributed by atoms with Crippen LogP contribution in [0, 0.1) is 11.6 Å². The molecule has 0 heterocycles. The second-order valence-corrected chi connectivity index (χ2v) is 4.93. The number of ether oxygens (including phenoxy) is 1. The summed E-state index contributed by atoms with van der Waals surface area (Å²) < 4.78 is 32.1. The van der Waals surface area contributed by atoms with Crippen LogP contribution in [0.15, 0.2) is 18.2 Å². The Morgan fingerprint density at radius 3 is 2.42 bits per heavy atom. The van der Waals surface area contributed by atoms with E-state index in [1.165, 1.54) is 6.07 Å². The van der Waals surface area contributed by atoms with E-state index < -0.39 is 17.2 Å². The minimum absolute atomic E-state index is 0.169. The van der Waals surface area contributed by atoms with Gasteiger partial charge < -0.3 is 10.1 Å². The maximum Gasteiger partial charge on any atom is 0.159 e. The highest BCUT2D eigenvalue weighted by Crippen LogP contribution is 2.32. The molecule has 2 unspecified atom stereocenters. The van der Waals surface area contributed by atoms with Gasteiger partial charge in [-0.25, -0.2) is 8.78 Å². The van der Waals surface area contributed by atoms with Gasteiger partial charge in [-0.3, -0.25) is 0 Å². The number of halogens is 2. The summed E-state index contributed by atoms with van der Waals surface area (Å²) in [5, 5.41) is 3.36. The Balaban J connectivity index is 3.11. The third-order valence-electron chi connectivity index (χ3n) is 3.65. The van der Waals surface area contributed by atoms with Gasteiger partial charge in [-0.05, 0) is 44.0 Å². The molecule has 0 amide bonds. The molecule has 2 nitrogen and oxygen atoms in total. The van der Waals surface area contributed by atoms with Crippen molar-refractivity contribution in [3.05, 3.63) is 35.4 Å². The zero-order chi connectivity index (χ0) is 14.5. The first-order chi connectivity index (χ1) is 8.98. The fraction of sp³-hybridized carbons (Fsp3) is 0.600. The zero-order valence-corrected chi connectivity index (χ0v) is 12.1. The van der Waals surface area contributed by atoms with E-state index in [1.54, 1.807) is 13.2 Å². The summed E-state index contributed by atoms with van der Waals surface area (Å²) in [7, 11) is 1.64. The molecule has 19 heavy (non-hydrogen) atoms. The zero-order valence-electron chi connectivity index (χ0n) is 12.1. The summed E-state index contributed by atoms with van der Waals surface area (Å²) in [6.07, 6.45) is 1.73. The van der Waals surface area contributed by atoms with Crippen molar-refractivity contribution >= 4 is 0 Å². The SMILES string of the molecule is CCCNC(c1ccc(F)c(F)c1)C(C)(CC)OC. The van der Waals surface area contributed by atoms with Crippen LogP contribution in [0.2, 0.25) is 0 Å². The monoisotopic (exact) mass is 271 g/mol. The van der Waals surface area contributed by atoms with E-state index >= 15 is 0 Å². The molecule has 2 atom stereocenters. The normalized spacial score (nSPS) is 16.1. The van der Waals surface area contributed by atoms with Crippen LogP contribution in [0.1, 0.15) is 45.2 Å². The molecule has 0 saturated carbocycles. The molecule has 0 aliphatic carbocycles. The number of rotatable bonds is 7. The average molecular weight is 271 g/mol. The molecular weight excluding hydrogens is 248 g/mol. The largest absolute Gasteiger partial charge is 0.377 e. The first kappa shape index (κ1) is 16.1. The Hall–Kier alpha value is -1.00. The second-order valence-electron chi connectivity index (χ2n) is 4.93. The second kappa shape index (κ2) is 6.96. The third-order valence-corrected chi connectivity index (χ3v) is 3.65. The lowest BCUT2D eigenvalue weighted by Gasteiger charge is -2.37. The molecule has 108 valence electrons. The summed E-state index contributed by atoms with van der Waals surface area (Å²) in [5.41, 5.74) is 0.248. The lowest BCUT2D eigenvalue weighted by Crippen LogP contribution is -2.43.